The lowest BCUT2D eigenvalue weighted by Gasteiger charge is -2.17. The van der Waals surface area contributed by atoms with Gasteiger partial charge in [0, 0.05) is 5.56 Å². The van der Waals surface area contributed by atoms with Crippen LogP contribution >= 0.6 is 0 Å². The van der Waals surface area contributed by atoms with Crippen molar-refractivity contribution in [2.24, 2.45) is 0 Å². The van der Waals surface area contributed by atoms with E-state index < -0.39 is 17.8 Å². The minimum atomic E-state index is -4.40. The highest BCUT2D eigenvalue weighted by molar-refractivity contribution is 5.41. The molecule has 0 aliphatic carbocycles. The molecule has 1 N–H and O–H groups in total. The maximum absolute atomic E-state index is 12.7. The summed E-state index contributed by atoms with van der Waals surface area (Å²) in [4.78, 5) is 0. The largest absolute Gasteiger partial charge is 0.489 e. The smallest absolute Gasteiger partial charge is 0.416 e. The summed E-state index contributed by atoms with van der Waals surface area (Å²) in [6, 6.07) is 21.0. The van der Waals surface area contributed by atoms with Crippen LogP contribution < -0.4 is 4.74 Å². The molecule has 0 bridgehead atoms. The molecule has 0 aromatic heterocycles. The Balaban J connectivity index is 1.80. The Hall–Kier alpha value is -2.79. The van der Waals surface area contributed by atoms with Crippen LogP contribution in [-0.4, -0.2) is 5.11 Å². The van der Waals surface area contributed by atoms with Crippen LogP contribution in [-0.2, 0) is 12.8 Å². The van der Waals surface area contributed by atoms with Crippen LogP contribution in [0, 0.1) is 0 Å². The van der Waals surface area contributed by atoms with Crippen LogP contribution in [0.4, 0.5) is 13.2 Å². The lowest BCUT2D eigenvalue weighted by molar-refractivity contribution is -0.137. The van der Waals surface area contributed by atoms with Crippen LogP contribution in [0.5, 0.6) is 5.75 Å². The number of aliphatic hydroxyl groups is 1. The van der Waals surface area contributed by atoms with E-state index in [0.29, 0.717) is 23.5 Å². The summed E-state index contributed by atoms with van der Waals surface area (Å²) >= 11 is 0. The Morgan fingerprint density at radius 3 is 2.08 bits per heavy atom. The topological polar surface area (TPSA) is 29.5 Å². The first-order valence-electron chi connectivity index (χ1n) is 8.06. The average molecular weight is 358 g/mol. The summed E-state index contributed by atoms with van der Waals surface area (Å²) < 4.78 is 43.9. The highest BCUT2D eigenvalue weighted by Crippen LogP contribution is 2.33. The summed E-state index contributed by atoms with van der Waals surface area (Å²) in [5, 5.41) is 10.6. The van der Waals surface area contributed by atoms with Crippen LogP contribution in [0.25, 0.3) is 0 Å². The second-order valence-corrected chi connectivity index (χ2v) is 5.83. The maximum Gasteiger partial charge on any atom is 0.416 e. The third-order valence-corrected chi connectivity index (χ3v) is 4.00. The quantitative estimate of drug-likeness (QED) is 0.665. The van der Waals surface area contributed by atoms with Gasteiger partial charge in [0.1, 0.15) is 18.5 Å². The number of hydrogen-bond donors (Lipinski definition) is 1. The van der Waals surface area contributed by atoms with Gasteiger partial charge in [-0.1, -0.05) is 60.7 Å². The van der Waals surface area contributed by atoms with Crippen molar-refractivity contribution in [1.82, 2.24) is 0 Å². The van der Waals surface area contributed by atoms with Gasteiger partial charge in [-0.15, -0.1) is 0 Å². The van der Waals surface area contributed by atoms with Gasteiger partial charge in [-0.2, -0.15) is 13.2 Å². The Bertz CT molecular complexity index is 843. The number of para-hydroxylation sites is 1. The van der Waals surface area contributed by atoms with Gasteiger partial charge >= 0.3 is 6.18 Å². The average Bonchev–Trinajstić information content (AvgIpc) is 2.66. The second kappa shape index (κ2) is 7.62. The van der Waals surface area contributed by atoms with E-state index in [0.717, 1.165) is 17.7 Å². The number of benzene rings is 3. The van der Waals surface area contributed by atoms with Gasteiger partial charge in [-0.3, -0.25) is 0 Å². The number of rotatable bonds is 5. The van der Waals surface area contributed by atoms with Crippen molar-refractivity contribution in [3.63, 3.8) is 0 Å². The van der Waals surface area contributed by atoms with E-state index in [-0.39, 0.29) is 0 Å². The maximum atomic E-state index is 12.7. The van der Waals surface area contributed by atoms with Gasteiger partial charge in [0.15, 0.2) is 0 Å². The Kier molecular flexibility index (Phi) is 5.28. The predicted molar refractivity (Wildman–Crippen MR) is 92.7 cm³/mol. The molecule has 0 saturated heterocycles. The molecular formula is C21H17F3O2. The molecule has 0 fully saturated rings. The molecule has 1 unspecified atom stereocenters. The molecule has 0 aliphatic rings. The van der Waals surface area contributed by atoms with E-state index in [9.17, 15) is 18.3 Å². The minimum Gasteiger partial charge on any atom is -0.489 e. The first-order valence-corrected chi connectivity index (χ1v) is 8.06. The van der Waals surface area contributed by atoms with Gasteiger partial charge in [0.25, 0.3) is 0 Å². The van der Waals surface area contributed by atoms with Gasteiger partial charge in [-0.25, -0.2) is 0 Å². The molecule has 0 spiro atoms. The van der Waals surface area contributed by atoms with E-state index in [1.54, 1.807) is 24.3 Å². The van der Waals surface area contributed by atoms with Crippen molar-refractivity contribution in [2.75, 3.05) is 0 Å². The molecule has 2 nitrogen and oxygen atoms in total. The lowest BCUT2D eigenvalue weighted by Crippen LogP contribution is -2.07. The number of ether oxygens (including phenoxy) is 1. The molecule has 5 heteroatoms. The summed E-state index contributed by atoms with van der Waals surface area (Å²) in [6.07, 6.45) is -5.48. The van der Waals surface area contributed by atoms with E-state index in [2.05, 4.69) is 0 Å². The summed E-state index contributed by atoms with van der Waals surface area (Å²) in [5.41, 5.74) is 1.10. The van der Waals surface area contributed by atoms with E-state index >= 15 is 0 Å². The number of alkyl halides is 3. The molecule has 1 atom stereocenters. The third-order valence-electron chi connectivity index (χ3n) is 4.00. The van der Waals surface area contributed by atoms with Crippen molar-refractivity contribution in [3.05, 3.63) is 101 Å². The van der Waals surface area contributed by atoms with Gasteiger partial charge in [0.05, 0.1) is 5.56 Å². The summed E-state index contributed by atoms with van der Waals surface area (Å²) in [5.74, 6) is 0.490. The molecule has 0 amide bonds. The normalized spacial score (nSPS) is 12.6. The monoisotopic (exact) mass is 358 g/mol. The summed E-state index contributed by atoms with van der Waals surface area (Å²) in [6.45, 7) is 0.331. The van der Waals surface area contributed by atoms with Gasteiger partial charge in [0.2, 0.25) is 0 Å². The Morgan fingerprint density at radius 2 is 1.42 bits per heavy atom. The molecule has 0 aliphatic heterocycles. The minimum absolute atomic E-state index is 0.331. The second-order valence-electron chi connectivity index (χ2n) is 5.83. The Morgan fingerprint density at radius 1 is 0.808 bits per heavy atom. The van der Waals surface area contributed by atoms with Crippen molar-refractivity contribution in [1.29, 1.82) is 0 Å². The van der Waals surface area contributed by atoms with Crippen molar-refractivity contribution in [2.45, 2.75) is 18.9 Å². The van der Waals surface area contributed by atoms with Crippen molar-refractivity contribution < 1.29 is 23.0 Å². The zero-order chi connectivity index (χ0) is 18.6. The summed E-state index contributed by atoms with van der Waals surface area (Å²) in [7, 11) is 0. The van der Waals surface area contributed by atoms with Crippen LogP contribution in [0.2, 0.25) is 0 Å². The highest BCUT2D eigenvalue weighted by Gasteiger charge is 2.30. The molecule has 0 radical (unpaired) electrons. The predicted octanol–water partition coefficient (Wildman–Crippen LogP) is 5.37. The van der Waals surface area contributed by atoms with E-state index in [1.165, 1.54) is 12.1 Å². The zero-order valence-electron chi connectivity index (χ0n) is 13.8. The molecule has 0 heterocycles. The molecule has 3 rings (SSSR count). The molecule has 3 aromatic carbocycles. The van der Waals surface area contributed by atoms with E-state index in [1.807, 2.05) is 30.3 Å². The number of halogens is 3. The first kappa shape index (κ1) is 18.0. The molecule has 3 aromatic rings. The molecule has 26 heavy (non-hydrogen) atoms. The first-order chi connectivity index (χ1) is 12.4. The van der Waals surface area contributed by atoms with Gasteiger partial charge in [-0.05, 0) is 29.3 Å². The fraction of sp³-hybridized carbons (Fsp3) is 0.143. The van der Waals surface area contributed by atoms with Crippen LogP contribution in [0.1, 0.15) is 28.4 Å². The number of aliphatic hydroxyl groups excluding tert-OH is 1. The fourth-order valence-corrected chi connectivity index (χ4v) is 2.61. The van der Waals surface area contributed by atoms with Crippen molar-refractivity contribution >= 4 is 0 Å². The lowest BCUT2D eigenvalue weighted by atomic mass is 9.99. The molecular weight excluding hydrogens is 341 g/mol. The molecule has 0 saturated carbocycles. The van der Waals surface area contributed by atoms with Gasteiger partial charge < -0.3 is 9.84 Å². The number of hydrogen-bond acceptors (Lipinski definition) is 2. The SMILES string of the molecule is OC(c1ccc(C(F)(F)F)cc1)c1ccccc1OCc1ccccc1. The van der Waals surface area contributed by atoms with Crippen LogP contribution in [0.15, 0.2) is 78.9 Å². The van der Waals surface area contributed by atoms with Crippen LogP contribution in [0.3, 0.4) is 0 Å². The van der Waals surface area contributed by atoms with Crippen molar-refractivity contribution in [3.8, 4) is 5.75 Å². The Labute approximate surface area is 149 Å². The third kappa shape index (κ3) is 4.24. The zero-order valence-corrected chi connectivity index (χ0v) is 13.8. The highest BCUT2D eigenvalue weighted by atomic mass is 19.4. The molecule has 134 valence electrons. The fourth-order valence-electron chi connectivity index (χ4n) is 2.61. The van der Waals surface area contributed by atoms with E-state index in [4.69, 9.17) is 4.74 Å². The standard InChI is InChI=1S/C21H17F3O2/c22-21(23,24)17-12-10-16(11-13-17)20(25)18-8-4-5-9-19(18)26-14-15-6-2-1-3-7-15/h1-13,20,25H,14H2.